The quantitative estimate of drug-likeness (QED) is 0.689. The second kappa shape index (κ2) is 8.71. The summed E-state index contributed by atoms with van der Waals surface area (Å²) in [5.41, 5.74) is 5.89. The molecule has 26 heavy (non-hydrogen) atoms. The van der Waals surface area contributed by atoms with E-state index in [1.807, 2.05) is 41.8 Å². The zero-order valence-corrected chi connectivity index (χ0v) is 15.3. The lowest BCUT2D eigenvalue weighted by molar-refractivity contribution is -0.116. The van der Waals surface area contributed by atoms with Crippen LogP contribution in [0, 0.1) is 0 Å². The molecule has 1 aromatic carbocycles. The van der Waals surface area contributed by atoms with E-state index in [0.29, 0.717) is 11.4 Å². The van der Waals surface area contributed by atoms with Crippen molar-refractivity contribution in [1.29, 1.82) is 0 Å². The summed E-state index contributed by atoms with van der Waals surface area (Å²) in [5.74, 6) is 0.475. The van der Waals surface area contributed by atoms with Crippen LogP contribution in [0.5, 0.6) is 5.75 Å². The highest BCUT2D eigenvalue weighted by molar-refractivity contribution is 7.10. The Morgan fingerprint density at radius 2 is 1.96 bits per heavy atom. The van der Waals surface area contributed by atoms with Gasteiger partial charge in [-0.15, -0.1) is 11.3 Å². The molecule has 0 radical (unpaired) electrons. The number of carbonyl (C=O) groups excluding carboxylic acids is 2. The highest BCUT2D eigenvalue weighted by Crippen LogP contribution is 2.30. The van der Waals surface area contributed by atoms with Gasteiger partial charge in [0.1, 0.15) is 5.75 Å². The van der Waals surface area contributed by atoms with Crippen molar-refractivity contribution >= 4 is 29.0 Å². The van der Waals surface area contributed by atoms with Crippen molar-refractivity contribution < 1.29 is 14.3 Å². The predicted octanol–water partition coefficient (Wildman–Crippen LogP) is 3.81. The van der Waals surface area contributed by atoms with E-state index >= 15 is 0 Å². The number of hydrogen-bond donors (Lipinski definition) is 3. The Balaban J connectivity index is 1.66. The number of carbonyl (C=O) groups is 2. The molecule has 1 aromatic heterocycles. The Morgan fingerprint density at radius 1 is 1.19 bits per heavy atom. The summed E-state index contributed by atoms with van der Waals surface area (Å²) in [6, 6.07) is 10.1. The second-order valence-electron chi connectivity index (χ2n) is 6.35. The molecular formula is C19H23N3O3S. The first-order valence-corrected chi connectivity index (χ1v) is 9.64. The summed E-state index contributed by atoms with van der Waals surface area (Å²) in [6.07, 6.45) is 4.77. The number of primary amides is 1. The Bertz CT molecular complexity index is 742. The molecule has 1 fully saturated rings. The fourth-order valence-electron chi connectivity index (χ4n) is 3.13. The third-order valence-electron chi connectivity index (χ3n) is 4.35. The number of amides is 3. The van der Waals surface area contributed by atoms with Gasteiger partial charge in [0.15, 0.2) is 0 Å². The molecule has 0 unspecified atom stereocenters. The van der Waals surface area contributed by atoms with Gasteiger partial charge in [-0.3, -0.25) is 4.79 Å². The number of thiophene rings is 1. The first-order valence-electron chi connectivity index (χ1n) is 8.76. The van der Waals surface area contributed by atoms with E-state index in [0.717, 1.165) is 17.7 Å². The van der Waals surface area contributed by atoms with E-state index in [2.05, 4.69) is 10.6 Å². The molecule has 0 aliphatic heterocycles. The summed E-state index contributed by atoms with van der Waals surface area (Å²) in [4.78, 5) is 24.7. The van der Waals surface area contributed by atoms with Crippen molar-refractivity contribution in [3.8, 4) is 5.75 Å². The van der Waals surface area contributed by atoms with E-state index in [-0.39, 0.29) is 18.4 Å². The number of benzene rings is 1. The van der Waals surface area contributed by atoms with Crippen LogP contribution in [0.3, 0.4) is 0 Å². The van der Waals surface area contributed by atoms with Crippen LogP contribution in [0.2, 0.25) is 0 Å². The van der Waals surface area contributed by atoms with Crippen molar-refractivity contribution in [3.63, 3.8) is 0 Å². The third kappa shape index (κ3) is 4.98. The molecule has 2 aromatic rings. The van der Waals surface area contributed by atoms with Crippen LogP contribution in [-0.4, -0.2) is 18.0 Å². The number of rotatable bonds is 7. The normalized spacial score (nSPS) is 15.4. The van der Waals surface area contributed by atoms with Gasteiger partial charge in [0.2, 0.25) is 5.91 Å². The van der Waals surface area contributed by atoms with E-state index in [1.54, 1.807) is 0 Å². The van der Waals surface area contributed by atoms with E-state index in [1.165, 1.54) is 24.2 Å². The van der Waals surface area contributed by atoms with Crippen LogP contribution >= 0.6 is 11.3 Å². The van der Waals surface area contributed by atoms with Crippen LogP contribution in [-0.2, 0) is 4.79 Å². The molecule has 1 atom stereocenters. The first-order chi connectivity index (χ1) is 12.6. The van der Waals surface area contributed by atoms with E-state index in [4.69, 9.17) is 10.5 Å². The monoisotopic (exact) mass is 373 g/mol. The molecule has 6 nitrogen and oxygen atoms in total. The Kier molecular flexibility index (Phi) is 6.12. The summed E-state index contributed by atoms with van der Waals surface area (Å²) >= 11 is 1.47. The van der Waals surface area contributed by atoms with Crippen molar-refractivity contribution in [3.05, 3.63) is 46.7 Å². The number of hydrogen-bond acceptors (Lipinski definition) is 4. The van der Waals surface area contributed by atoms with E-state index < -0.39 is 12.1 Å². The predicted molar refractivity (Wildman–Crippen MR) is 102 cm³/mol. The number of nitrogens with one attached hydrogen (secondary N) is 2. The molecule has 3 rings (SSSR count). The SMILES string of the molecule is NC(=O)N[C@@H](CC(=O)Nc1ccccc1OC1CCCC1)c1cccs1. The molecule has 1 aliphatic rings. The van der Waals surface area contributed by atoms with Crippen LogP contribution in [0.1, 0.15) is 43.0 Å². The van der Waals surface area contributed by atoms with Gasteiger partial charge in [-0.05, 0) is 49.3 Å². The number of ether oxygens (including phenoxy) is 1. The lowest BCUT2D eigenvalue weighted by Crippen LogP contribution is -2.34. The molecule has 4 N–H and O–H groups in total. The molecule has 0 bridgehead atoms. The molecule has 1 saturated carbocycles. The van der Waals surface area contributed by atoms with Gasteiger partial charge >= 0.3 is 6.03 Å². The van der Waals surface area contributed by atoms with E-state index in [9.17, 15) is 9.59 Å². The van der Waals surface area contributed by atoms with Gasteiger partial charge in [-0.1, -0.05) is 18.2 Å². The third-order valence-corrected chi connectivity index (χ3v) is 5.34. The van der Waals surface area contributed by atoms with Crippen LogP contribution in [0.15, 0.2) is 41.8 Å². The highest BCUT2D eigenvalue weighted by atomic mass is 32.1. The van der Waals surface area contributed by atoms with Crippen LogP contribution in [0.25, 0.3) is 0 Å². The highest BCUT2D eigenvalue weighted by Gasteiger charge is 2.21. The fraction of sp³-hybridized carbons (Fsp3) is 0.368. The number of nitrogens with two attached hydrogens (primary N) is 1. The van der Waals surface area contributed by atoms with Gasteiger partial charge in [0.05, 0.1) is 24.3 Å². The number of urea groups is 1. The molecule has 0 saturated heterocycles. The van der Waals surface area contributed by atoms with Gasteiger partial charge in [0, 0.05) is 4.88 Å². The lowest BCUT2D eigenvalue weighted by Gasteiger charge is -2.19. The average Bonchev–Trinajstić information content (AvgIpc) is 3.29. The Labute approximate surface area is 156 Å². The standard InChI is InChI=1S/C19H23N3O3S/c20-19(24)22-15(17-10-5-11-26-17)12-18(23)21-14-8-3-4-9-16(14)25-13-6-1-2-7-13/h3-5,8-11,13,15H,1-2,6-7,12H2,(H,21,23)(H3,20,22,24)/t15-/m0/s1. The smallest absolute Gasteiger partial charge is 0.312 e. The molecule has 0 spiro atoms. The average molecular weight is 373 g/mol. The molecule has 7 heteroatoms. The number of para-hydroxylation sites is 2. The molecular weight excluding hydrogens is 350 g/mol. The minimum atomic E-state index is -0.652. The van der Waals surface area contributed by atoms with Gasteiger partial charge < -0.3 is 21.1 Å². The van der Waals surface area contributed by atoms with Crippen molar-refractivity contribution in [2.24, 2.45) is 5.73 Å². The second-order valence-corrected chi connectivity index (χ2v) is 7.33. The van der Waals surface area contributed by atoms with Gasteiger partial charge in [-0.25, -0.2) is 4.79 Å². The Morgan fingerprint density at radius 3 is 2.65 bits per heavy atom. The van der Waals surface area contributed by atoms with Crippen molar-refractivity contribution in [1.82, 2.24) is 5.32 Å². The Hall–Kier alpha value is -2.54. The topological polar surface area (TPSA) is 93.5 Å². The maximum absolute atomic E-state index is 12.5. The maximum Gasteiger partial charge on any atom is 0.312 e. The summed E-state index contributed by atoms with van der Waals surface area (Å²) < 4.78 is 6.05. The molecule has 1 aliphatic carbocycles. The minimum Gasteiger partial charge on any atom is -0.488 e. The fourth-order valence-corrected chi connectivity index (χ4v) is 3.91. The minimum absolute atomic E-state index is 0.0984. The largest absolute Gasteiger partial charge is 0.488 e. The first kappa shape index (κ1) is 18.3. The zero-order chi connectivity index (χ0) is 18.4. The summed E-state index contributed by atoms with van der Waals surface area (Å²) in [7, 11) is 0. The van der Waals surface area contributed by atoms with Crippen molar-refractivity contribution in [2.75, 3.05) is 5.32 Å². The number of anilines is 1. The maximum atomic E-state index is 12.5. The molecule has 1 heterocycles. The van der Waals surface area contributed by atoms with Crippen LogP contribution in [0.4, 0.5) is 10.5 Å². The molecule has 138 valence electrons. The van der Waals surface area contributed by atoms with Gasteiger partial charge in [0.25, 0.3) is 0 Å². The summed E-state index contributed by atoms with van der Waals surface area (Å²) in [5, 5.41) is 7.42. The van der Waals surface area contributed by atoms with Crippen LogP contribution < -0.4 is 21.1 Å². The van der Waals surface area contributed by atoms with Gasteiger partial charge in [-0.2, -0.15) is 0 Å². The lowest BCUT2D eigenvalue weighted by atomic mass is 10.1. The molecule has 3 amide bonds. The summed E-state index contributed by atoms with van der Waals surface area (Å²) in [6.45, 7) is 0. The van der Waals surface area contributed by atoms with Crippen molar-refractivity contribution in [2.45, 2.75) is 44.2 Å². The zero-order valence-electron chi connectivity index (χ0n) is 14.4.